The molecule has 1 aliphatic carbocycles. The number of nitrogens with two attached hydrogens (primary N) is 1. The number of carbonyl (C=O) groups excluding carboxylic acids is 1. The molecule has 0 aromatic carbocycles. The summed E-state index contributed by atoms with van der Waals surface area (Å²) in [4.78, 5) is 11.9. The summed E-state index contributed by atoms with van der Waals surface area (Å²) >= 11 is 0. The Hall–Kier alpha value is -0.570. The van der Waals surface area contributed by atoms with Crippen molar-refractivity contribution in [3.05, 3.63) is 0 Å². The molecule has 1 saturated carbocycles. The zero-order valence-corrected chi connectivity index (χ0v) is 12.8. The van der Waals surface area contributed by atoms with Crippen LogP contribution in [0, 0.1) is 5.92 Å². The second-order valence-electron chi connectivity index (χ2n) is 6.30. The summed E-state index contributed by atoms with van der Waals surface area (Å²) in [7, 11) is 0. The summed E-state index contributed by atoms with van der Waals surface area (Å²) in [6, 6.07) is 0.701. The van der Waals surface area contributed by atoms with E-state index in [1.807, 2.05) is 0 Å². The Morgan fingerprint density at radius 3 is 2.53 bits per heavy atom. The quantitative estimate of drug-likeness (QED) is 0.663. The first-order valence-corrected chi connectivity index (χ1v) is 8.16. The molecule has 19 heavy (non-hydrogen) atoms. The smallest absolute Gasteiger partial charge is 0.220 e. The number of unbranched alkanes of at least 4 members (excludes halogenated alkanes) is 3. The van der Waals surface area contributed by atoms with Gasteiger partial charge in [-0.25, -0.2) is 0 Å². The van der Waals surface area contributed by atoms with Crippen LogP contribution in [0.15, 0.2) is 0 Å². The summed E-state index contributed by atoms with van der Waals surface area (Å²) in [6.07, 6.45) is 11.3. The van der Waals surface area contributed by atoms with Crippen LogP contribution in [0.2, 0.25) is 0 Å². The topological polar surface area (TPSA) is 55.1 Å². The Bertz CT molecular complexity index is 247. The maximum atomic E-state index is 11.9. The van der Waals surface area contributed by atoms with Gasteiger partial charge in [-0.1, -0.05) is 32.6 Å². The lowest BCUT2D eigenvalue weighted by molar-refractivity contribution is -0.122. The van der Waals surface area contributed by atoms with Crippen LogP contribution in [0.25, 0.3) is 0 Å². The van der Waals surface area contributed by atoms with Gasteiger partial charge in [0.1, 0.15) is 0 Å². The van der Waals surface area contributed by atoms with Crippen molar-refractivity contribution in [1.82, 2.24) is 5.32 Å². The fourth-order valence-corrected chi connectivity index (χ4v) is 2.94. The summed E-state index contributed by atoms with van der Waals surface area (Å²) < 4.78 is 0. The monoisotopic (exact) mass is 268 g/mol. The molecule has 1 aliphatic rings. The predicted octanol–water partition coefficient (Wildman–Crippen LogP) is 3.37. The average Bonchev–Trinajstić information content (AvgIpc) is 2.37. The maximum absolute atomic E-state index is 11.9. The highest BCUT2D eigenvalue weighted by atomic mass is 16.1. The molecule has 3 N–H and O–H groups in total. The van der Waals surface area contributed by atoms with E-state index in [-0.39, 0.29) is 5.91 Å². The van der Waals surface area contributed by atoms with Gasteiger partial charge >= 0.3 is 0 Å². The van der Waals surface area contributed by atoms with Crippen LogP contribution < -0.4 is 11.1 Å². The maximum Gasteiger partial charge on any atom is 0.220 e. The van der Waals surface area contributed by atoms with Gasteiger partial charge < -0.3 is 11.1 Å². The zero-order valence-electron chi connectivity index (χ0n) is 12.8. The van der Waals surface area contributed by atoms with Crippen molar-refractivity contribution in [3.8, 4) is 0 Å². The second-order valence-corrected chi connectivity index (χ2v) is 6.30. The van der Waals surface area contributed by atoms with Gasteiger partial charge in [0.05, 0.1) is 0 Å². The van der Waals surface area contributed by atoms with Gasteiger partial charge in [0, 0.05) is 18.5 Å². The Kier molecular flexibility index (Phi) is 8.11. The second kappa shape index (κ2) is 9.35. The van der Waals surface area contributed by atoms with E-state index in [4.69, 9.17) is 5.73 Å². The molecule has 1 unspecified atom stereocenters. The lowest BCUT2D eigenvalue weighted by Gasteiger charge is -2.26. The number of hydrogen-bond acceptors (Lipinski definition) is 2. The van der Waals surface area contributed by atoms with Gasteiger partial charge in [-0.15, -0.1) is 0 Å². The third-order valence-electron chi connectivity index (χ3n) is 4.26. The minimum absolute atomic E-state index is 0.239. The van der Waals surface area contributed by atoms with E-state index < -0.39 is 0 Å². The number of hydrogen-bond donors (Lipinski definition) is 2. The van der Waals surface area contributed by atoms with Crippen molar-refractivity contribution in [2.24, 2.45) is 11.7 Å². The molecule has 0 radical (unpaired) electrons. The first-order valence-electron chi connectivity index (χ1n) is 8.16. The lowest BCUT2D eigenvalue weighted by atomic mass is 9.84. The van der Waals surface area contributed by atoms with Crippen LogP contribution in [0.5, 0.6) is 0 Å². The van der Waals surface area contributed by atoms with Gasteiger partial charge in [-0.3, -0.25) is 4.79 Å². The molecule has 1 amide bonds. The van der Waals surface area contributed by atoms with E-state index in [9.17, 15) is 4.79 Å². The van der Waals surface area contributed by atoms with E-state index in [0.717, 1.165) is 32.1 Å². The highest BCUT2D eigenvalue weighted by Gasteiger charge is 2.21. The van der Waals surface area contributed by atoms with E-state index in [0.29, 0.717) is 24.4 Å². The molecule has 0 heterocycles. The van der Waals surface area contributed by atoms with Crippen molar-refractivity contribution >= 4 is 5.91 Å². The summed E-state index contributed by atoms with van der Waals surface area (Å²) in [6.45, 7) is 4.35. The van der Waals surface area contributed by atoms with E-state index in [2.05, 4.69) is 19.2 Å². The molecule has 0 spiro atoms. The molecular formula is C16H32N2O. The summed E-state index contributed by atoms with van der Waals surface area (Å²) in [5.41, 5.74) is 5.89. The fraction of sp³-hybridized carbons (Fsp3) is 0.938. The van der Waals surface area contributed by atoms with E-state index in [1.165, 1.54) is 25.7 Å². The Morgan fingerprint density at radius 1 is 1.21 bits per heavy atom. The molecule has 1 fully saturated rings. The highest BCUT2D eigenvalue weighted by molar-refractivity contribution is 5.76. The van der Waals surface area contributed by atoms with Crippen LogP contribution >= 0.6 is 0 Å². The van der Waals surface area contributed by atoms with Crippen molar-refractivity contribution < 1.29 is 4.79 Å². The van der Waals surface area contributed by atoms with Crippen LogP contribution in [0.1, 0.15) is 78.1 Å². The summed E-state index contributed by atoms with van der Waals surface area (Å²) in [5, 5.41) is 3.15. The van der Waals surface area contributed by atoms with Crippen molar-refractivity contribution in [1.29, 1.82) is 0 Å². The SMILES string of the molecule is CCCCCCC(C)NC(=O)CC1CCC(N)CC1. The summed E-state index contributed by atoms with van der Waals surface area (Å²) in [5.74, 6) is 0.801. The molecule has 0 aromatic heterocycles. The molecule has 0 aromatic rings. The Morgan fingerprint density at radius 2 is 1.89 bits per heavy atom. The van der Waals surface area contributed by atoms with Crippen LogP contribution in [-0.2, 0) is 4.79 Å². The number of nitrogens with one attached hydrogen (secondary N) is 1. The third-order valence-corrected chi connectivity index (χ3v) is 4.26. The standard InChI is InChI=1S/C16H32N2O/c1-3-4-5-6-7-13(2)18-16(19)12-14-8-10-15(17)11-9-14/h13-15H,3-12,17H2,1-2H3,(H,18,19). The van der Waals surface area contributed by atoms with Gasteiger partial charge in [-0.05, 0) is 44.9 Å². The van der Waals surface area contributed by atoms with Crippen molar-refractivity contribution in [3.63, 3.8) is 0 Å². The van der Waals surface area contributed by atoms with Crippen LogP contribution in [0.3, 0.4) is 0 Å². The van der Waals surface area contributed by atoms with Crippen molar-refractivity contribution in [2.45, 2.75) is 90.1 Å². The van der Waals surface area contributed by atoms with Crippen LogP contribution in [-0.4, -0.2) is 18.0 Å². The number of amides is 1. The first-order chi connectivity index (χ1) is 9.11. The molecule has 0 bridgehead atoms. The highest BCUT2D eigenvalue weighted by Crippen LogP contribution is 2.25. The molecule has 0 aliphatic heterocycles. The minimum atomic E-state index is 0.239. The third kappa shape index (κ3) is 7.56. The van der Waals surface area contributed by atoms with Gasteiger partial charge in [0.25, 0.3) is 0 Å². The first kappa shape index (κ1) is 16.5. The fourth-order valence-electron chi connectivity index (χ4n) is 2.94. The number of carbonyl (C=O) groups is 1. The molecule has 1 rings (SSSR count). The Labute approximate surface area is 118 Å². The molecule has 3 nitrogen and oxygen atoms in total. The zero-order chi connectivity index (χ0) is 14.1. The van der Waals surface area contributed by atoms with Gasteiger partial charge in [0.2, 0.25) is 5.91 Å². The van der Waals surface area contributed by atoms with Crippen molar-refractivity contribution in [2.75, 3.05) is 0 Å². The molecule has 3 heteroatoms. The molecule has 1 atom stereocenters. The Balaban J connectivity index is 2.09. The van der Waals surface area contributed by atoms with Gasteiger partial charge in [-0.2, -0.15) is 0 Å². The number of rotatable bonds is 8. The minimum Gasteiger partial charge on any atom is -0.354 e. The average molecular weight is 268 g/mol. The van der Waals surface area contributed by atoms with E-state index >= 15 is 0 Å². The predicted molar refractivity (Wildman–Crippen MR) is 80.9 cm³/mol. The van der Waals surface area contributed by atoms with E-state index in [1.54, 1.807) is 0 Å². The lowest BCUT2D eigenvalue weighted by Crippen LogP contribution is -2.35. The molecule has 0 saturated heterocycles. The molecular weight excluding hydrogens is 236 g/mol. The van der Waals surface area contributed by atoms with Crippen LogP contribution in [0.4, 0.5) is 0 Å². The van der Waals surface area contributed by atoms with Gasteiger partial charge in [0.15, 0.2) is 0 Å². The largest absolute Gasteiger partial charge is 0.354 e. The molecule has 112 valence electrons. The normalized spacial score (nSPS) is 25.0.